The minimum absolute atomic E-state index is 0.0227. The summed E-state index contributed by atoms with van der Waals surface area (Å²) in [5.74, 6) is -0.0804. The van der Waals surface area contributed by atoms with E-state index in [9.17, 15) is 8.78 Å². The van der Waals surface area contributed by atoms with Gasteiger partial charge in [-0.05, 0) is 48.9 Å². The summed E-state index contributed by atoms with van der Waals surface area (Å²) in [6, 6.07) is 10.6. The minimum Gasteiger partial charge on any atom is -0.489 e. The van der Waals surface area contributed by atoms with Crippen LogP contribution in [0, 0.1) is 11.6 Å². The van der Waals surface area contributed by atoms with Crippen LogP contribution in [-0.4, -0.2) is 12.3 Å². The summed E-state index contributed by atoms with van der Waals surface area (Å²) in [6.07, 6.45) is 1.72. The molecule has 0 aliphatic heterocycles. The van der Waals surface area contributed by atoms with Gasteiger partial charge in [0, 0.05) is 18.2 Å². The van der Waals surface area contributed by atoms with Gasteiger partial charge in [0.25, 0.3) is 0 Å². The Labute approximate surface area is 151 Å². The van der Waals surface area contributed by atoms with E-state index in [1.54, 1.807) is 18.2 Å². The minimum atomic E-state index is -0.624. The molecule has 2 aromatic rings. The lowest BCUT2D eigenvalue weighted by Gasteiger charge is -2.09. The van der Waals surface area contributed by atoms with Crippen LogP contribution in [0.1, 0.15) is 18.1 Å². The fourth-order valence-corrected chi connectivity index (χ4v) is 2.04. The molecule has 0 amide bonds. The fourth-order valence-electron chi connectivity index (χ4n) is 2.04. The van der Waals surface area contributed by atoms with Crippen molar-refractivity contribution in [2.24, 2.45) is 5.10 Å². The molecule has 136 valence electrons. The highest BCUT2D eigenvalue weighted by Crippen LogP contribution is 2.16. The summed E-state index contributed by atoms with van der Waals surface area (Å²) in [6.45, 7) is 9.88. The maximum absolute atomic E-state index is 13.6. The predicted molar refractivity (Wildman–Crippen MR) is 99.8 cm³/mol. The van der Waals surface area contributed by atoms with Gasteiger partial charge in [-0.25, -0.2) is 8.78 Å². The van der Waals surface area contributed by atoms with Crippen molar-refractivity contribution in [2.75, 3.05) is 6.54 Å². The van der Waals surface area contributed by atoms with Crippen LogP contribution in [0.5, 0.6) is 5.75 Å². The second-order valence-corrected chi connectivity index (χ2v) is 5.51. The van der Waals surface area contributed by atoms with Gasteiger partial charge >= 0.3 is 0 Å². The monoisotopic (exact) mass is 357 g/mol. The van der Waals surface area contributed by atoms with Crippen LogP contribution in [0.4, 0.5) is 8.78 Å². The van der Waals surface area contributed by atoms with Gasteiger partial charge in [0.05, 0.1) is 5.71 Å². The van der Waals surface area contributed by atoms with E-state index in [0.717, 1.165) is 17.3 Å². The van der Waals surface area contributed by atoms with Gasteiger partial charge in [-0.3, -0.25) is 5.43 Å². The first-order chi connectivity index (χ1) is 12.5. The summed E-state index contributed by atoms with van der Waals surface area (Å²) in [4.78, 5) is 0. The molecule has 0 heterocycles. The number of hydrazone groups is 1. The molecule has 2 N–H and O–H groups in total. The van der Waals surface area contributed by atoms with Crippen molar-refractivity contribution in [1.82, 2.24) is 10.7 Å². The van der Waals surface area contributed by atoms with Gasteiger partial charge in [-0.2, -0.15) is 5.10 Å². The van der Waals surface area contributed by atoms with Gasteiger partial charge in [0.2, 0.25) is 0 Å². The number of hydrogen-bond acceptors (Lipinski definition) is 4. The number of halogens is 2. The molecule has 0 spiro atoms. The smallest absolute Gasteiger partial charge is 0.132 e. The first-order valence-electron chi connectivity index (χ1n) is 8.00. The highest BCUT2D eigenvalue weighted by atomic mass is 19.1. The molecule has 2 rings (SSSR count). The Balaban J connectivity index is 1.92. The van der Waals surface area contributed by atoms with Gasteiger partial charge < -0.3 is 10.1 Å². The maximum Gasteiger partial charge on any atom is 0.132 e. The highest BCUT2D eigenvalue weighted by Gasteiger charge is 2.05. The second kappa shape index (κ2) is 9.36. The molecule has 4 nitrogen and oxygen atoms in total. The molecule has 0 aromatic heterocycles. The molecule has 0 aliphatic rings. The number of rotatable bonds is 9. The van der Waals surface area contributed by atoms with Crippen LogP contribution in [0.3, 0.4) is 0 Å². The largest absolute Gasteiger partial charge is 0.489 e. The molecule has 0 fully saturated rings. The third kappa shape index (κ3) is 5.73. The summed E-state index contributed by atoms with van der Waals surface area (Å²) in [5, 5.41) is 7.22. The lowest BCUT2D eigenvalue weighted by atomic mass is 10.1. The number of hydrogen-bond donors (Lipinski definition) is 2. The van der Waals surface area contributed by atoms with E-state index in [-0.39, 0.29) is 6.61 Å². The van der Waals surface area contributed by atoms with Gasteiger partial charge in [0.15, 0.2) is 0 Å². The number of nitrogens with one attached hydrogen (secondary N) is 2. The first-order valence-corrected chi connectivity index (χ1v) is 8.00. The zero-order chi connectivity index (χ0) is 18.9. The van der Waals surface area contributed by atoms with Crippen LogP contribution >= 0.6 is 0 Å². The first kappa shape index (κ1) is 19.2. The third-order valence-corrected chi connectivity index (χ3v) is 3.50. The van der Waals surface area contributed by atoms with E-state index in [1.807, 2.05) is 19.1 Å². The number of nitrogens with zero attached hydrogens (tertiary/aromatic N) is 1. The van der Waals surface area contributed by atoms with Gasteiger partial charge in [-0.1, -0.05) is 12.7 Å². The average Bonchev–Trinajstić information content (AvgIpc) is 2.64. The summed E-state index contributed by atoms with van der Waals surface area (Å²) < 4.78 is 32.0. The predicted octanol–water partition coefficient (Wildman–Crippen LogP) is 4.10. The third-order valence-electron chi connectivity index (χ3n) is 3.50. The molecule has 0 saturated carbocycles. The summed E-state index contributed by atoms with van der Waals surface area (Å²) >= 11 is 0. The maximum atomic E-state index is 13.6. The van der Waals surface area contributed by atoms with Crippen molar-refractivity contribution in [3.05, 3.63) is 90.3 Å². The van der Waals surface area contributed by atoms with Crippen LogP contribution < -0.4 is 15.5 Å². The van der Waals surface area contributed by atoms with Crippen molar-refractivity contribution in [3.8, 4) is 5.75 Å². The van der Waals surface area contributed by atoms with E-state index in [4.69, 9.17) is 4.74 Å². The Bertz CT molecular complexity index is 801. The Morgan fingerprint density at radius 3 is 2.58 bits per heavy atom. The standard InChI is InChI=1S/C20H21F2N3O/c1-4-11-23-15(3)25-24-14(2)16-6-9-19(10-7-16)26-13-17-5-8-18(21)12-20(17)22/h4-10,12,23,25H,1,3,11,13H2,2H3/b24-14+. The fraction of sp³-hybridized carbons (Fsp3) is 0.150. The topological polar surface area (TPSA) is 45.7 Å². The highest BCUT2D eigenvalue weighted by molar-refractivity contribution is 5.98. The molecular weight excluding hydrogens is 336 g/mol. The van der Waals surface area contributed by atoms with E-state index in [2.05, 4.69) is 29.0 Å². The van der Waals surface area contributed by atoms with Crippen molar-refractivity contribution >= 4 is 5.71 Å². The van der Waals surface area contributed by atoms with Crippen LogP contribution in [0.15, 0.2) is 72.6 Å². The van der Waals surface area contributed by atoms with Crippen molar-refractivity contribution in [1.29, 1.82) is 0 Å². The molecule has 0 saturated heterocycles. The molecule has 0 unspecified atom stereocenters. The summed E-state index contributed by atoms with van der Waals surface area (Å²) in [5.41, 5.74) is 4.78. The summed E-state index contributed by atoms with van der Waals surface area (Å²) in [7, 11) is 0. The lowest BCUT2D eigenvalue weighted by molar-refractivity contribution is 0.299. The van der Waals surface area contributed by atoms with Crippen LogP contribution in [0.2, 0.25) is 0 Å². The molecule has 2 aromatic carbocycles. The molecular formula is C20H21F2N3O. The van der Waals surface area contributed by atoms with Crippen molar-refractivity contribution in [2.45, 2.75) is 13.5 Å². The molecule has 26 heavy (non-hydrogen) atoms. The number of benzene rings is 2. The molecule has 6 heteroatoms. The lowest BCUT2D eigenvalue weighted by Crippen LogP contribution is -2.22. The second-order valence-electron chi connectivity index (χ2n) is 5.51. The van der Waals surface area contributed by atoms with Crippen LogP contribution in [-0.2, 0) is 6.61 Å². The van der Waals surface area contributed by atoms with E-state index >= 15 is 0 Å². The Hall–Kier alpha value is -3.15. The van der Waals surface area contributed by atoms with E-state index < -0.39 is 11.6 Å². The Kier molecular flexibility index (Phi) is 6.91. The quantitative estimate of drug-likeness (QED) is 0.403. The number of ether oxygens (including phenoxy) is 1. The zero-order valence-corrected chi connectivity index (χ0v) is 14.6. The Morgan fingerprint density at radius 1 is 1.19 bits per heavy atom. The Morgan fingerprint density at radius 2 is 1.92 bits per heavy atom. The normalized spacial score (nSPS) is 11.0. The van der Waals surface area contributed by atoms with Gasteiger partial charge in [0.1, 0.15) is 29.8 Å². The van der Waals surface area contributed by atoms with Crippen molar-refractivity contribution in [3.63, 3.8) is 0 Å². The zero-order valence-electron chi connectivity index (χ0n) is 14.6. The average molecular weight is 357 g/mol. The molecule has 0 aliphatic carbocycles. The SMILES string of the molecule is C=CCNC(=C)N/N=C(\C)c1ccc(OCc2ccc(F)cc2F)cc1. The van der Waals surface area contributed by atoms with Crippen LogP contribution in [0.25, 0.3) is 0 Å². The molecule has 0 radical (unpaired) electrons. The van der Waals surface area contributed by atoms with E-state index in [0.29, 0.717) is 23.7 Å². The molecule has 0 bridgehead atoms. The van der Waals surface area contributed by atoms with Crippen molar-refractivity contribution < 1.29 is 13.5 Å². The van der Waals surface area contributed by atoms with E-state index in [1.165, 1.54) is 12.1 Å². The van der Waals surface area contributed by atoms with Gasteiger partial charge in [-0.15, -0.1) is 6.58 Å². The molecule has 0 atom stereocenters.